The van der Waals surface area contributed by atoms with Gasteiger partial charge in [0.2, 0.25) is 0 Å². The van der Waals surface area contributed by atoms with Crippen molar-refractivity contribution in [1.29, 1.82) is 0 Å². The molecule has 6 N–H and O–H groups in total. The van der Waals surface area contributed by atoms with E-state index in [4.69, 9.17) is 17.2 Å². The first-order valence-electron chi connectivity index (χ1n) is 5.60. The maximum Gasteiger partial charge on any atom is 0.127 e. The van der Waals surface area contributed by atoms with Crippen LogP contribution in [-0.4, -0.2) is 37.9 Å². The van der Waals surface area contributed by atoms with Crippen LogP contribution in [0.1, 0.15) is 12.0 Å². The molecule has 0 unspecified atom stereocenters. The average Bonchev–Trinajstić information content (AvgIpc) is 2.27. The quantitative estimate of drug-likeness (QED) is 0.300. The van der Waals surface area contributed by atoms with Gasteiger partial charge in [-0.3, -0.25) is 4.99 Å². The van der Waals surface area contributed by atoms with Crippen molar-refractivity contribution in [3.63, 3.8) is 0 Å². The van der Waals surface area contributed by atoms with Crippen LogP contribution < -0.4 is 17.2 Å². The lowest BCUT2D eigenvalue weighted by Gasteiger charge is -2.08. The van der Waals surface area contributed by atoms with E-state index >= 15 is 0 Å². The van der Waals surface area contributed by atoms with Gasteiger partial charge in [0.25, 0.3) is 0 Å². The van der Waals surface area contributed by atoms with E-state index < -0.39 is 0 Å². The molecule has 1 rings (SSSR count). The van der Waals surface area contributed by atoms with Gasteiger partial charge in [-0.05, 0) is 45.3 Å². The van der Waals surface area contributed by atoms with E-state index in [2.05, 4.69) is 9.89 Å². The molecule has 0 bridgehead atoms. The molecule has 0 atom stereocenters. The molecular weight excluding hydrogens is 214 g/mol. The lowest BCUT2D eigenvalue weighted by Crippen LogP contribution is -2.18. The number of aliphatic imine (C=N–C) groups is 1. The molecule has 0 heterocycles. The normalized spacial score (nSPS) is 12.1. The van der Waals surface area contributed by atoms with Gasteiger partial charge in [-0.2, -0.15) is 0 Å². The van der Waals surface area contributed by atoms with Gasteiger partial charge in [0.15, 0.2) is 0 Å². The summed E-state index contributed by atoms with van der Waals surface area (Å²) in [6.07, 6.45) is 0.968. The lowest BCUT2D eigenvalue weighted by molar-refractivity contribution is 0.403. The molecule has 0 saturated carbocycles. The third-order valence-corrected chi connectivity index (χ3v) is 2.40. The Morgan fingerprint density at radius 2 is 2.00 bits per heavy atom. The fraction of sp³-hybridized carbons (Fsp3) is 0.417. The second-order valence-electron chi connectivity index (χ2n) is 4.27. The van der Waals surface area contributed by atoms with Crippen LogP contribution in [0.15, 0.2) is 23.2 Å². The van der Waals surface area contributed by atoms with Gasteiger partial charge in [0.05, 0.1) is 0 Å². The summed E-state index contributed by atoms with van der Waals surface area (Å²) in [5.74, 6) is 0.452. The van der Waals surface area contributed by atoms with Crippen molar-refractivity contribution < 1.29 is 0 Å². The molecule has 0 aliphatic carbocycles. The van der Waals surface area contributed by atoms with E-state index in [1.54, 1.807) is 18.2 Å². The van der Waals surface area contributed by atoms with E-state index in [-0.39, 0.29) is 0 Å². The Bertz CT molecular complexity index is 398. The van der Waals surface area contributed by atoms with E-state index in [0.29, 0.717) is 23.8 Å². The van der Waals surface area contributed by atoms with E-state index in [9.17, 15) is 0 Å². The summed E-state index contributed by atoms with van der Waals surface area (Å²) in [4.78, 5) is 6.41. The summed E-state index contributed by atoms with van der Waals surface area (Å²) in [5.41, 5.74) is 19.3. The average molecular weight is 235 g/mol. The Hall–Kier alpha value is -1.75. The number of anilines is 2. The first-order valence-corrected chi connectivity index (χ1v) is 5.60. The van der Waals surface area contributed by atoms with Crippen LogP contribution in [0.2, 0.25) is 0 Å². The zero-order chi connectivity index (χ0) is 12.8. The highest BCUT2D eigenvalue weighted by Gasteiger charge is 2.03. The highest BCUT2D eigenvalue weighted by atomic mass is 15.0. The van der Waals surface area contributed by atoms with Gasteiger partial charge in [0, 0.05) is 23.5 Å². The number of rotatable bonds is 5. The number of hydrogen-bond acceptors (Lipinski definition) is 4. The standard InChI is InChI=1S/C12H21N5/c1-17(2)7-3-6-16-12(15)10-8-9(13)4-5-11(10)14/h4-5,8H,3,6-7,13-14H2,1-2H3,(H2,15,16). The zero-order valence-electron chi connectivity index (χ0n) is 10.5. The van der Waals surface area contributed by atoms with Crippen molar-refractivity contribution in [3.05, 3.63) is 23.8 Å². The zero-order valence-corrected chi connectivity index (χ0v) is 10.5. The molecule has 5 heteroatoms. The van der Waals surface area contributed by atoms with E-state index in [0.717, 1.165) is 18.5 Å². The van der Waals surface area contributed by atoms with Crippen molar-refractivity contribution in [2.24, 2.45) is 10.7 Å². The Balaban J connectivity index is 2.65. The van der Waals surface area contributed by atoms with Crippen molar-refractivity contribution in [1.82, 2.24) is 4.90 Å². The van der Waals surface area contributed by atoms with Crippen LogP contribution in [0.5, 0.6) is 0 Å². The Kier molecular flexibility index (Phi) is 4.78. The fourth-order valence-electron chi connectivity index (χ4n) is 1.47. The minimum absolute atomic E-state index is 0.452. The maximum atomic E-state index is 5.88. The molecule has 0 saturated heterocycles. The fourth-order valence-corrected chi connectivity index (χ4v) is 1.47. The van der Waals surface area contributed by atoms with Crippen molar-refractivity contribution in [2.45, 2.75) is 6.42 Å². The molecule has 17 heavy (non-hydrogen) atoms. The highest BCUT2D eigenvalue weighted by Crippen LogP contribution is 2.15. The molecule has 0 aliphatic rings. The molecule has 0 aromatic heterocycles. The summed E-state index contributed by atoms with van der Waals surface area (Å²) in [6.45, 7) is 1.68. The summed E-state index contributed by atoms with van der Waals surface area (Å²) < 4.78 is 0. The molecule has 1 aromatic carbocycles. The van der Waals surface area contributed by atoms with E-state index in [1.807, 2.05) is 14.1 Å². The first-order chi connectivity index (χ1) is 8.00. The molecule has 0 amide bonds. The molecule has 0 radical (unpaired) electrons. The van der Waals surface area contributed by atoms with Crippen LogP contribution in [-0.2, 0) is 0 Å². The SMILES string of the molecule is CN(C)CCCN=C(N)c1cc(N)ccc1N. The Labute approximate surface area is 102 Å². The molecule has 0 spiro atoms. The van der Waals surface area contributed by atoms with Gasteiger partial charge in [0.1, 0.15) is 5.84 Å². The van der Waals surface area contributed by atoms with Gasteiger partial charge in [-0.25, -0.2) is 0 Å². The number of nitrogens with zero attached hydrogens (tertiary/aromatic N) is 2. The number of amidine groups is 1. The number of hydrogen-bond donors (Lipinski definition) is 3. The summed E-state index contributed by atoms with van der Waals surface area (Å²) in [6, 6.07) is 5.24. The number of nitrogen functional groups attached to an aromatic ring is 2. The third kappa shape index (κ3) is 4.32. The van der Waals surface area contributed by atoms with E-state index in [1.165, 1.54) is 0 Å². The topological polar surface area (TPSA) is 93.7 Å². The van der Waals surface area contributed by atoms with Crippen molar-refractivity contribution in [2.75, 3.05) is 38.7 Å². The minimum atomic E-state index is 0.452. The first kappa shape index (κ1) is 13.3. The molecular formula is C12H21N5. The Morgan fingerprint density at radius 1 is 1.29 bits per heavy atom. The van der Waals surface area contributed by atoms with Crippen molar-refractivity contribution in [3.8, 4) is 0 Å². The predicted molar refractivity (Wildman–Crippen MR) is 74.0 cm³/mol. The lowest BCUT2D eigenvalue weighted by atomic mass is 10.1. The van der Waals surface area contributed by atoms with Crippen LogP contribution >= 0.6 is 0 Å². The molecule has 5 nitrogen and oxygen atoms in total. The highest BCUT2D eigenvalue weighted by molar-refractivity contribution is 6.02. The molecule has 94 valence electrons. The smallest absolute Gasteiger partial charge is 0.127 e. The van der Waals surface area contributed by atoms with Crippen LogP contribution in [0.25, 0.3) is 0 Å². The number of nitrogens with two attached hydrogens (primary N) is 3. The van der Waals surface area contributed by atoms with Gasteiger partial charge in [-0.1, -0.05) is 0 Å². The second kappa shape index (κ2) is 6.10. The number of benzene rings is 1. The summed E-state index contributed by atoms with van der Waals surface area (Å²) in [7, 11) is 4.06. The van der Waals surface area contributed by atoms with Crippen LogP contribution in [0.4, 0.5) is 11.4 Å². The maximum absolute atomic E-state index is 5.88. The molecule has 0 aliphatic heterocycles. The van der Waals surface area contributed by atoms with Crippen molar-refractivity contribution >= 4 is 17.2 Å². The summed E-state index contributed by atoms with van der Waals surface area (Å²) >= 11 is 0. The molecule has 0 fully saturated rings. The van der Waals surface area contributed by atoms with Crippen LogP contribution in [0, 0.1) is 0 Å². The minimum Gasteiger partial charge on any atom is -0.399 e. The Morgan fingerprint density at radius 3 is 2.65 bits per heavy atom. The second-order valence-corrected chi connectivity index (χ2v) is 4.27. The van der Waals surface area contributed by atoms with Gasteiger partial charge >= 0.3 is 0 Å². The van der Waals surface area contributed by atoms with Gasteiger partial charge < -0.3 is 22.1 Å². The molecule has 1 aromatic rings. The summed E-state index contributed by atoms with van der Waals surface area (Å²) in [5, 5.41) is 0. The monoisotopic (exact) mass is 235 g/mol. The largest absolute Gasteiger partial charge is 0.399 e. The van der Waals surface area contributed by atoms with Crippen LogP contribution in [0.3, 0.4) is 0 Å². The predicted octanol–water partition coefficient (Wildman–Crippen LogP) is 0.508. The van der Waals surface area contributed by atoms with Gasteiger partial charge in [-0.15, -0.1) is 0 Å². The third-order valence-electron chi connectivity index (χ3n) is 2.40.